The second-order valence-electron chi connectivity index (χ2n) is 6.58. The van der Waals surface area contributed by atoms with Crippen molar-refractivity contribution in [3.8, 4) is 0 Å². The van der Waals surface area contributed by atoms with Crippen LogP contribution in [0.15, 0.2) is 35.1 Å². The van der Waals surface area contributed by atoms with Crippen molar-refractivity contribution in [2.75, 3.05) is 31.1 Å². The summed E-state index contributed by atoms with van der Waals surface area (Å²) in [6, 6.07) is 9.18. The molecule has 1 aliphatic heterocycles. The maximum atomic E-state index is 11.9. The fourth-order valence-corrected chi connectivity index (χ4v) is 3.82. The van der Waals surface area contributed by atoms with Gasteiger partial charge in [-0.3, -0.25) is 4.79 Å². The molecule has 144 valence electrons. The van der Waals surface area contributed by atoms with E-state index >= 15 is 0 Å². The molecule has 1 fully saturated rings. The average Bonchev–Trinajstić information content (AvgIpc) is 2.59. The normalized spacial score (nSPS) is 17.1. The zero-order chi connectivity index (χ0) is 18.1. The lowest BCUT2D eigenvalue weighted by Gasteiger charge is -2.41. The SMILES string of the molecule is Cl.NS(=O)(=O)NCC1(CO)CCN(c2cc(=O)[nH]c3ccccc23)CC1. The van der Waals surface area contributed by atoms with Gasteiger partial charge in [0.25, 0.3) is 10.2 Å². The molecule has 0 aliphatic carbocycles. The Hall–Kier alpha value is -1.65. The number of aliphatic hydroxyl groups excluding tert-OH is 1. The molecular weight excluding hydrogens is 380 g/mol. The van der Waals surface area contributed by atoms with Crippen LogP contribution in [0.4, 0.5) is 5.69 Å². The molecule has 0 spiro atoms. The van der Waals surface area contributed by atoms with Gasteiger partial charge in [0, 0.05) is 36.5 Å². The van der Waals surface area contributed by atoms with Crippen LogP contribution in [-0.2, 0) is 10.2 Å². The fourth-order valence-electron chi connectivity index (χ4n) is 3.31. The van der Waals surface area contributed by atoms with Crippen LogP contribution in [0.2, 0.25) is 0 Å². The summed E-state index contributed by atoms with van der Waals surface area (Å²) >= 11 is 0. The molecule has 0 unspecified atom stereocenters. The Bertz CT molecular complexity index is 923. The van der Waals surface area contributed by atoms with Crippen LogP contribution in [-0.4, -0.2) is 44.7 Å². The number of nitrogens with one attached hydrogen (secondary N) is 2. The maximum absolute atomic E-state index is 11.9. The third kappa shape index (κ3) is 4.54. The topological polar surface area (TPSA) is 129 Å². The summed E-state index contributed by atoms with van der Waals surface area (Å²) < 4.78 is 24.6. The van der Waals surface area contributed by atoms with Crippen molar-refractivity contribution in [2.24, 2.45) is 10.6 Å². The van der Waals surface area contributed by atoms with Gasteiger partial charge >= 0.3 is 0 Å². The van der Waals surface area contributed by atoms with Crippen molar-refractivity contribution in [3.05, 3.63) is 40.7 Å². The van der Waals surface area contributed by atoms with Crippen LogP contribution < -0.4 is 20.3 Å². The molecule has 2 aromatic rings. The predicted molar refractivity (Wildman–Crippen MR) is 104 cm³/mol. The highest BCUT2D eigenvalue weighted by molar-refractivity contribution is 7.87. The van der Waals surface area contributed by atoms with Crippen LogP contribution in [0.3, 0.4) is 0 Å². The molecular formula is C16H23ClN4O4S. The number of hydrogen-bond acceptors (Lipinski definition) is 5. The van der Waals surface area contributed by atoms with Crippen LogP contribution >= 0.6 is 12.4 Å². The highest BCUT2D eigenvalue weighted by Crippen LogP contribution is 2.34. The number of aromatic amines is 1. The molecule has 0 radical (unpaired) electrons. The summed E-state index contributed by atoms with van der Waals surface area (Å²) in [7, 11) is -3.79. The van der Waals surface area contributed by atoms with Crippen LogP contribution in [0.5, 0.6) is 0 Å². The lowest BCUT2D eigenvalue weighted by atomic mass is 9.79. The van der Waals surface area contributed by atoms with Gasteiger partial charge in [-0.25, -0.2) is 9.86 Å². The molecule has 0 bridgehead atoms. The van der Waals surface area contributed by atoms with Gasteiger partial charge in [-0.2, -0.15) is 8.42 Å². The molecule has 1 aromatic carbocycles. The minimum absolute atomic E-state index is 0. The smallest absolute Gasteiger partial charge is 0.274 e. The van der Waals surface area contributed by atoms with Crippen molar-refractivity contribution in [2.45, 2.75) is 12.8 Å². The molecule has 1 saturated heterocycles. The number of pyridine rings is 1. The zero-order valence-corrected chi connectivity index (χ0v) is 15.8. The van der Waals surface area contributed by atoms with Gasteiger partial charge in [0.05, 0.1) is 17.8 Å². The third-order valence-electron chi connectivity index (χ3n) is 4.88. The van der Waals surface area contributed by atoms with Crippen molar-refractivity contribution < 1.29 is 13.5 Å². The molecule has 8 nitrogen and oxygen atoms in total. The van der Waals surface area contributed by atoms with E-state index in [2.05, 4.69) is 14.6 Å². The fraction of sp³-hybridized carbons (Fsp3) is 0.438. The molecule has 2 heterocycles. The summed E-state index contributed by atoms with van der Waals surface area (Å²) in [5.41, 5.74) is 0.925. The van der Waals surface area contributed by atoms with Gasteiger partial charge in [0.2, 0.25) is 5.56 Å². The van der Waals surface area contributed by atoms with E-state index in [1.54, 1.807) is 6.07 Å². The van der Waals surface area contributed by atoms with E-state index in [1.807, 2.05) is 24.3 Å². The van der Waals surface area contributed by atoms with Crippen molar-refractivity contribution in [1.82, 2.24) is 9.71 Å². The number of aliphatic hydroxyl groups is 1. The minimum Gasteiger partial charge on any atom is -0.396 e. The summed E-state index contributed by atoms with van der Waals surface area (Å²) in [5, 5.41) is 15.7. The molecule has 26 heavy (non-hydrogen) atoms. The Labute approximate surface area is 158 Å². The highest BCUT2D eigenvalue weighted by Gasteiger charge is 2.35. The van der Waals surface area contributed by atoms with E-state index in [1.165, 1.54) is 0 Å². The summed E-state index contributed by atoms with van der Waals surface area (Å²) in [4.78, 5) is 16.9. The number of aromatic nitrogens is 1. The second-order valence-corrected chi connectivity index (χ2v) is 7.95. The highest BCUT2D eigenvalue weighted by atomic mass is 35.5. The Morgan fingerprint density at radius 1 is 1.27 bits per heavy atom. The van der Waals surface area contributed by atoms with Gasteiger partial charge < -0.3 is 15.0 Å². The number of nitrogens with zero attached hydrogens (tertiary/aromatic N) is 1. The maximum Gasteiger partial charge on any atom is 0.274 e. The first kappa shape index (κ1) is 20.7. The minimum atomic E-state index is -3.79. The van der Waals surface area contributed by atoms with Crippen molar-refractivity contribution in [3.63, 3.8) is 0 Å². The molecule has 5 N–H and O–H groups in total. The molecule has 0 amide bonds. The van der Waals surface area contributed by atoms with Gasteiger partial charge in [0.1, 0.15) is 0 Å². The lowest BCUT2D eigenvalue weighted by Crippen LogP contribution is -2.49. The Balaban J connectivity index is 0.00000243. The lowest BCUT2D eigenvalue weighted by molar-refractivity contribution is 0.101. The number of hydrogen-bond donors (Lipinski definition) is 4. The first-order valence-corrected chi connectivity index (χ1v) is 9.62. The number of nitrogens with two attached hydrogens (primary N) is 1. The van der Waals surface area contributed by atoms with Crippen LogP contribution in [0, 0.1) is 5.41 Å². The van der Waals surface area contributed by atoms with Gasteiger partial charge in [0.15, 0.2) is 0 Å². The predicted octanol–water partition coefficient (Wildman–Crippen LogP) is 0.322. The number of benzene rings is 1. The first-order chi connectivity index (χ1) is 11.8. The van der Waals surface area contributed by atoms with E-state index in [9.17, 15) is 18.3 Å². The van der Waals surface area contributed by atoms with Gasteiger partial charge in [-0.15, -0.1) is 12.4 Å². The second kappa shape index (κ2) is 7.93. The molecule has 10 heteroatoms. The number of rotatable bonds is 5. The monoisotopic (exact) mass is 402 g/mol. The number of piperidine rings is 1. The number of H-pyrrole nitrogens is 1. The number of halogens is 1. The van der Waals surface area contributed by atoms with E-state index < -0.39 is 15.6 Å². The van der Waals surface area contributed by atoms with Gasteiger partial charge in [-0.05, 0) is 18.9 Å². The first-order valence-electron chi connectivity index (χ1n) is 8.07. The van der Waals surface area contributed by atoms with E-state index in [-0.39, 0.29) is 31.1 Å². The summed E-state index contributed by atoms with van der Waals surface area (Å²) in [5.74, 6) is 0. The molecule has 1 aromatic heterocycles. The molecule has 0 atom stereocenters. The Morgan fingerprint density at radius 2 is 1.92 bits per heavy atom. The van der Waals surface area contributed by atoms with Gasteiger partial charge in [-0.1, -0.05) is 18.2 Å². The quantitative estimate of drug-likeness (QED) is 0.572. The summed E-state index contributed by atoms with van der Waals surface area (Å²) in [6.45, 7) is 1.20. The largest absolute Gasteiger partial charge is 0.396 e. The zero-order valence-electron chi connectivity index (χ0n) is 14.1. The van der Waals surface area contributed by atoms with E-state index in [4.69, 9.17) is 5.14 Å². The van der Waals surface area contributed by atoms with E-state index in [0.29, 0.717) is 25.9 Å². The molecule has 0 saturated carbocycles. The summed E-state index contributed by atoms with van der Waals surface area (Å²) in [6.07, 6.45) is 1.18. The average molecular weight is 403 g/mol. The van der Waals surface area contributed by atoms with Crippen LogP contribution in [0.1, 0.15) is 12.8 Å². The van der Waals surface area contributed by atoms with Crippen LogP contribution in [0.25, 0.3) is 10.9 Å². The number of fused-ring (bicyclic) bond motifs is 1. The number of anilines is 1. The third-order valence-corrected chi connectivity index (χ3v) is 5.42. The van der Waals surface area contributed by atoms with Crippen molar-refractivity contribution >= 4 is 39.2 Å². The standard InChI is InChI=1S/C16H22N4O4S.ClH/c17-25(23,24)18-10-16(11-21)5-7-20(8-6-16)14-9-15(22)19-13-4-2-1-3-12(13)14;/h1-4,9,18,21H,5-8,10-11H2,(H,19,22)(H2,17,23,24);1H. The van der Waals surface area contributed by atoms with E-state index in [0.717, 1.165) is 16.6 Å². The Kier molecular flexibility index (Phi) is 6.30. The molecule has 3 rings (SSSR count). The number of para-hydroxylation sites is 1. The Morgan fingerprint density at radius 3 is 2.54 bits per heavy atom. The van der Waals surface area contributed by atoms with Crippen molar-refractivity contribution in [1.29, 1.82) is 0 Å². The molecule has 1 aliphatic rings.